The van der Waals surface area contributed by atoms with Crippen molar-refractivity contribution in [2.24, 2.45) is 0 Å². The van der Waals surface area contributed by atoms with Gasteiger partial charge in [0.2, 0.25) is 0 Å². The van der Waals surface area contributed by atoms with Gasteiger partial charge in [-0.2, -0.15) is 0 Å². The van der Waals surface area contributed by atoms with Gasteiger partial charge in [0, 0.05) is 47.5 Å². The molecule has 3 nitrogen and oxygen atoms in total. The predicted molar refractivity (Wildman–Crippen MR) is 116 cm³/mol. The summed E-state index contributed by atoms with van der Waals surface area (Å²) >= 11 is 0. The van der Waals surface area contributed by atoms with Gasteiger partial charge in [-0.1, -0.05) is 48.5 Å². The molecule has 0 radical (unpaired) electrons. The second-order valence-electron chi connectivity index (χ2n) is 7.76. The Morgan fingerprint density at radius 1 is 0.821 bits per heavy atom. The number of piperidine rings is 1. The van der Waals surface area contributed by atoms with E-state index in [9.17, 15) is 0 Å². The van der Waals surface area contributed by atoms with Crippen LogP contribution in [0.2, 0.25) is 0 Å². The molecule has 1 aromatic heterocycles. The van der Waals surface area contributed by atoms with Crippen LogP contribution in [-0.4, -0.2) is 29.7 Å². The van der Waals surface area contributed by atoms with Gasteiger partial charge in [-0.3, -0.25) is 4.90 Å². The summed E-state index contributed by atoms with van der Waals surface area (Å²) in [6.45, 7) is 3.25. The monoisotopic (exact) mass is 370 g/mol. The molecule has 0 spiro atoms. The minimum atomic E-state index is 0.561. The van der Waals surface area contributed by atoms with E-state index < -0.39 is 0 Å². The van der Waals surface area contributed by atoms with Gasteiger partial charge in [-0.05, 0) is 42.7 Å². The van der Waals surface area contributed by atoms with Crippen LogP contribution in [0.1, 0.15) is 24.4 Å². The third-order valence-electron chi connectivity index (χ3n) is 6.08. The molecule has 0 aliphatic carbocycles. The zero-order valence-corrected chi connectivity index (χ0v) is 16.3. The van der Waals surface area contributed by atoms with E-state index in [0.717, 1.165) is 25.4 Å². The molecule has 3 heteroatoms. The van der Waals surface area contributed by atoms with Crippen LogP contribution in [0.3, 0.4) is 0 Å². The van der Waals surface area contributed by atoms with Gasteiger partial charge >= 0.3 is 0 Å². The number of likely N-dealkylation sites (tertiary alicyclic amines) is 1. The molecule has 5 rings (SSSR count). The summed E-state index contributed by atoms with van der Waals surface area (Å²) in [5, 5.41) is 2.74. The second kappa shape index (κ2) is 7.33. The Hall–Kier alpha value is -2.78. The summed E-state index contributed by atoms with van der Waals surface area (Å²) in [5.41, 5.74) is 4.07. The van der Waals surface area contributed by atoms with Crippen LogP contribution in [0.15, 0.2) is 72.8 Å². The third-order valence-corrected chi connectivity index (χ3v) is 6.08. The Morgan fingerprint density at radius 3 is 2.11 bits per heavy atom. The zero-order chi connectivity index (χ0) is 18.9. The van der Waals surface area contributed by atoms with E-state index in [4.69, 9.17) is 4.74 Å². The van der Waals surface area contributed by atoms with Gasteiger partial charge in [0.05, 0.1) is 7.11 Å². The van der Waals surface area contributed by atoms with Gasteiger partial charge in [0.25, 0.3) is 0 Å². The van der Waals surface area contributed by atoms with E-state index in [0.29, 0.717) is 6.04 Å². The standard InChI is InChI=1S/C25H26N2O/c1-28-21-8-6-7-19(17-21)18-26-15-13-20(14-16-26)27-24-11-4-2-9-22(24)23-10-3-5-12-25(23)27/h2-12,17,20H,13-16,18H2,1H3. The van der Waals surface area contributed by atoms with Crippen molar-refractivity contribution in [2.45, 2.75) is 25.4 Å². The van der Waals surface area contributed by atoms with Gasteiger partial charge in [0.1, 0.15) is 5.75 Å². The lowest BCUT2D eigenvalue weighted by molar-refractivity contribution is 0.183. The molecule has 2 heterocycles. The van der Waals surface area contributed by atoms with Crippen molar-refractivity contribution in [3.63, 3.8) is 0 Å². The van der Waals surface area contributed by atoms with Gasteiger partial charge in [-0.25, -0.2) is 0 Å². The number of aromatic nitrogens is 1. The van der Waals surface area contributed by atoms with Gasteiger partial charge in [0.15, 0.2) is 0 Å². The summed E-state index contributed by atoms with van der Waals surface area (Å²) in [5.74, 6) is 0.942. The molecular formula is C25H26N2O. The van der Waals surface area contributed by atoms with Gasteiger partial charge in [-0.15, -0.1) is 0 Å². The maximum Gasteiger partial charge on any atom is 0.119 e. The predicted octanol–water partition coefficient (Wildman–Crippen LogP) is 5.64. The zero-order valence-electron chi connectivity index (χ0n) is 16.3. The highest BCUT2D eigenvalue weighted by Crippen LogP contribution is 2.35. The van der Waals surface area contributed by atoms with E-state index in [-0.39, 0.29) is 0 Å². The smallest absolute Gasteiger partial charge is 0.119 e. The van der Waals surface area contributed by atoms with E-state index >= 15 is 0 Å². The molecule has 1 saturated heterocycles. The van der Waals surface area contributed by atoms with Crippen molar-refractivity contribution < 1.29 is 4.74 Å². The van der Waals surface area contributed by atoms with Crippen molar-refractivity contribution in [3.05, 3.63) is 78.4 Å². The normalized spacial score (nSPS) is 16.0. The molecule has 1 fully saturated rings. The number of ether oxygens (including phenoxy) is 1. The Morgan fingerprint density at radius 2 is 1.46 bits per heavy atom. The van der Waals surface area contributed by atoms with E-state index in [1.165, 1.54) is 40.2 Å². The van der Waals surface area contributed by atoms with Crippen molar-refractivity contribution >= 4 is 21.8 Å². The molecule has 0 atom stereocenters. The van der Waals surface area contributed by atoms with Crippen LogP contribution in [0.4, 0.5) is 0 Å². The summed E-state index contributed by atoms with van der Waals surface area (Å²) in [6, 6.07) is 26.7. The number of para-hydroxylation sites is 2. The van der Waals surface area contributed by atoms with Crippen molar-refractivity contribution in [3.8, 4) is 5.75 Å². The molecule has 0 saturated carbocycles. The first-order chi connectivity index (χ1) is 13.8. The molecular weight excluding hydrogens is 344 g/mol. The second-order valence-corrected chi connectivity index (χ2v) is 7.76. The Labute approximate surface area is 166 Å². The number of rotatable bonds is 4. The minimum absolute atomic E-state index is 0.561. The van der Waals surface area contributed by atoms with Crippen LogP contribution in [-0.2, 0) is 6.54 Å². The number of hydrogen-bond acceptors (Lipinski definition) is 2. The molecule has 4 aromatic rings. The molecule has 0 bridgehead atoms. The molecule has 28 heavy (non-hydrogen) atoms. The molecule has 3 aromatic carbocycles. The SMILES string of the molecule is COc1cccc(CN2CCC(n3c4ccccc4c4ccccc43)CC2)c1. The Bertz CT molecular complexity index is 1050. The Balaban J connectivity index is 1.38. The van der Waals surface area contributed by atoms with Crippen LogP contribution in [0, 0.1) is 0 Å². The first-order valence-electron chi connectivity index (χ1n) is 10.2. The van der Waals surface area contributed by atoms with Crippen LogP contribution < -0.4 is 4.74 Å². The average Bonchev–Trinajstić information content (AvgIpc) is 3.09. The topological polar surface area (TPSA) is 17.4 Å². The highest BCUT2D eigenvalue weighted by Gasteiger charge is 2.23. The highest BCUT2D eigenvalue weighted by atomic mass is 16.5. The quantitative estimate of drug-likeness (QED) is 0.462. The van der Waals surface area contributed by atoms with Gasteiger partial charge < -0.3 is 9.30 Å². The number of nitrogens with zero attached hydrogens (tertiary/aromatic N) is 2. The van der Waals surface area contributed by atoms with E-state index in [1.54, 1.807) is 7.11 Å². The number of benzene rings is 3. The molecule has 0 amide bonds. The Kier molecular flexibility index (Phi) is 4.53. The largest absolute Gasteiger partial charge is 0.497 e. The fourth-order valence-corrected chi connectivity index (χ4v) is 4.71. The van der Waals surface area contributed by atoms with Crippen molar-refractivity contribution in [1.29, 1.82) is 0 Å². The lowest BCUT2D eigenvalue weighted by Crippen LogP contribution is -2.34. The fraction of sp³-hybridized carbons (Fsp3) is 0.280. The van der Waals surface area contributed by atoms with Crippen molar-refractivity contribution in [2.75, 3.05) is 20.2 Å². The fourth-order valence-electron chi connectivity index (χ4n) is 4.71. The highest BCUT2D eigenvalue weighted by molar-refractivity contribution is 6.08. The average molecular weight is 370 g/mol. The minimum Gasteiger partial charge on any atom is -0.497 e. The first-order valence-corrected chi connectivity index (χ1v) is 10.2. The maximum absolute atomic E-state index is 5.37. The lowest BCUT2D eigenvalue weighted by atomic mass is 10.0. The van der Waals surface area contributed by atoms with E-state index in [2.05, 4.69) is 76.2 Å². The molecule has 1 aliphatic rings. The first kappa shape index (κ1) is 17.3. The molecule has 0 unspecified atom stereocenters. The summed E-state index contributed by atoms with van der Waals surface area (Å²) in [4.78, 5) is 2.57. The summed E-state index contributed by atoms with van der Waals surface area (Å²) in [7, 11) is 1.73. The molecule has 1 aliphatic heterocycles. The number of fused-ring (bicyclic) bond motifs is 3. The summed E-state index contributed by atoms with van der Waals surface area (Å²) in [6.07, 6.45) is 2.37. The molecule has 142 valence electrons. The lowest BCUT2D eigenvalue weighted by Gasteiger charge is -2.33. The van der Waals surface area contributed by atoms with E-state index in [1.807, 2.05) is 6.07 Å². The van der Waals surface area contributed by atoms with Crippen LogP contribution >= 0.6 is 0 Å². The van der Waals surface area contributed by atoms with Crippen molar-refractivity contribution in [1.82, 2.24) is 9.47 Å². The van der Waals surface area contributed by atoms with Crippen LogP contribution in [0.25, 0.3) is 21.8 Å². The number of hydrogen-bond donors (Lipinski definition) is 0. The van der Waals surface area contributed by atoms with Crippen LogP contribution in [0.5, 0.6) is 5.75 Å². The maximum atomic E-state index is 5.37. The number of methoxy groups -OCH3 is 1. The molecule has 0 N–H and O–H groups in total. The summed E-state index contributed by atoms with van der Waals surface area (Å²) < 4.78 is 7.96. The third kappa shape index (κ3) is 3.06.